The van der Waals surface area contributed by atoms with E-state index in [0.717, 1.165) is 24.0 Å². The van der Waals surface area contributed by atoms with Crippen LogP contribution < -0.4 is 0 Å². The number of hydrogen-bond acceptors (Lipinski definition) is 5. The Balaban J connectivity index is 1.66. The van der Waals surface area contributed by atoms with E-state index in [1.54, 1.807) is 6.07 Å². The molecule has 2 heterocycles. The van der Waals surface area contributed by atoms with E-state index in [2.05, 4.69) is 4.98 Å². The van der Waals surface area contributed by atoms with Crippen LogP contribution in [-0.2, 0) is 14.8 Å². The summed E-state index contributed by atoms with van der Waals surface area (Å²) in [6, 6.07) is 6.74. The van der Waals surface area contributed by atoms with Gasteiger partial charge in [-0.05, 0) is 44.4 Å². The molecule has 3 rings (SSSR count). The number of hydrogen-bond donors (Lipinski definition) is 1. The normalized spacial score (nSPS) is 15.0. The van der Waals surface area contributed by atoms with Crippen molar-refractivity contribution in [1.29, 1.82) is 0 Å². The number of Topliss-reactive ketones (excluding diaryl/α,β-unsaturated/α-hetero) is 1. The van der Waals surface area contributed by atoms with Gasteiger partial charge in [-0.3, -0.25) is 4.79 Å². The van der Waals surface area contributed by atoms with E-state index in [-0.39, 0.29) is 16.4 Å². The van der Waals surface area contributed by atoms with Gasteiger partial charge in [0.15, 0.2) is 6.61 Å². The fraction of sp³-hybridized carbons (Fsp3) is 0.368. The molecule has 1 aliphatic rings. The third-order valence-corrected chi connectivity index (χ3v) is 6.48. The van der Waals surface area contributed by atoms with Crippen molar-refractivity contribution in [3.8, 4) is 0 Å². The second-order valence-electron chi connectivity index (χ2n) is 6.68. The number of aryl methyl sites for hydroxylation is 2. The Bertz CT molecular complexity index is 972. The Labute approximate surface area is 158 Å². The number of nitrogens with one attached hydrogen (secondary N) is 1. The average Bonchev–Trinajstić information content (AvgIpc) is 3.33. The summed E-state index contributed by atoms with van der Waals surface area (Å²) >= 11 is 0. The molecule has 0 bridgehead atoms. The van der Waals surface area contributed by atoms with Crippen LogP contribution in [0.4, 0.5) is 0 Å². The van der Waals surface area contributed by atoms with Crippen LogP contribution in [0.2, 0.25) is 0 Å². The predicted molar refractivity (Wildman–Crippen MR) is 99.3 cm³/mol. The maximum absolute atomic E-state index is 12.5. The summed E-state index contributed by atoms with van der Waals surface area (Å²) in [4.78, 5) is 27.1. The average molecular weight is 390 g/mol. The predicted octanol–water partition coefficient (Wildman–Crippen LogP) is 2.46. The Morgan fingerprint density at radius 3 is 2.56 bits per heavy atom. The molecule has 1 N–H and O–H groups in total. The highest BCUT2D eigenvalue weighted by Gasteiger charge is 2.29. The zero-order valence-corrected chi connectivity index (χ0v) is 16.1. The first-order chi connectivity index (χ1) is 12.8. The molecule has 7 nitrogen and oxygen atoms in total. The SMILES string of the molecule is Cc1ccc(C)c(C(=O)COC(=O)c2cc(S(=O)(=O)N3CCCC3)c[nH]2)c1. The van der Waals surface area contributed by atoms with Crippen LogP contribution >= 0.6 is 0 Å². The fourth-order valence-corrected chi connectivity index (χ4v) is 4.55. The molecule has 0 saturated carbocycles. The lowest BCUT2D eigenvalue weighted by Crippen LogP contribution is -2.27. The summed E-state index contributed by atoms with van der Waals surface area (Å²) < 4.78 is 31.4. The van der Waals surface area contributed by atoms with E-state index in [1.165, 1.54) is 16.6 Å². The van der Waals surface area contributed by atoms with Gasteiger partial charge >= 0.3 is 5.97 Å². The van der Waals surface area contributed by atoms with Gasteiger partial charge in [-0.15, -0.1) is 0 Å². The van der Waals surface area contributed by atoms with E-state index in [4.69, 9.17) is 4.74 Å². The summed E-state index contributed by atoms with van der Waals surface area (Å²) in [6.45, 7) is 4.25. The van der Waals surface area contributed by atoms with Gasteiger partial charge < -0.3 is 9.72 Å². The van der Waals surface area contributed by atoms with E-state index in [0.29, 0.717) is 18.7 Å². The van der Waals surface area contributed by atoms with Crippen molar-refractivity contribution in [3.63, 3.8) is 0 Å². The van der Waals surface area contributed by atoms with Gasteiger partial charge in [0.25, 0.3) is 0 Å². The van der Waals surface area contributed by atoms with E-state index in [1.807, 2.05) is 26.0 Å². The van der Waals surface area contributed by atoms with Crippen LogP contribution in [0.25, 0.3) is 0 Å². The quantitative estimate of drug-likeness (QED) is 0.604. The van der Waals surface area contributed by atoms with Crippen LogP contribution in [0, 0.1) is 13.8 Å². The molecule has 144 valence electrons. The third kappa shape index (κ3) is 4.12. The standard InChI is InChI=1S/C19H22N2O5S/c1-13-5-6-14(2)16(9-13)18(22)12-26-19(23)17-10-15(11-20-17)27(24,25)21-7-3-4-8-21/h5-6,9-11,20H,3-4,7-8,12H2,1-2H3. The highest BCUT2D eigenvalue weighted by atomic mass is 32.2. The largest absolute Gasteiger partial charge is 0.453 e. The number of nitrogens with zero attached hydrogens (tertiary/aromatic N) is 1. The highest BCUT2D eigenvalue weighted by molar-refractivity contribution is 7.89. The van der Waals surface area contributed by atoms with Crippen LogP contribution in [0.3, 0.4) is 0 Å². The molecule has 8 heteroatoms. The number of rotatable bonds is 6. The Morgan fingerprint density at radius 1 is 1.15 bits per heavy atom. The number of H-pyrrole nitrogens is 1. The fourth-order valence-electron chi connectivity index (χ4n) is 3.04. The van der Waals surface area contributed by atoms with Crippen LogP contribution in [-0.4, -0.2) is 49.2 Å². The van der Waals surface area contributed by atoms with Crippen molar-refractivity contribution in [2.45, 2.75) is 31.6 Å². The van der Waals surface area contributed by atoms with Crippen molar-refractivity contribution in [2.75, 3.05) is 19.7 Å². The molecule has 2 aromatic rings. The van der Waals surface area contributed by atoms with Gasteiger partial charge in [0.05, 0.1) is 0 Å². The summed E-state index contributed by atoms with van der Waals surface area (Å²) in [5, 5.41) is 0. The zero-order valence-electron chi connectivity index (χ0n) is 15.3. The summed E-state index contributed by atoms with van der Waals surface area (Å²) in [6.07, 6.45) is 2.94. The first-order valence-electron chi connectivity index (χ1n) is 8.75. The molecule has 0 aliphatic carbocycles. The number of carbonyl (C=O) groups excluding carboxylic acids is 2. The van der Waals surface area contributed by atoms with E-state index in [9.17, 15) is 18.0 Å². The van der Waals surface area contributed by atoms with Gasteiger partial charge in [0.2, 0.25) is 15.8 Å². The molecular formula is C19H22N2O5S. The molecule has 0 unspecified atom stereocenters. The summed E-state index contributed by atoms with van der Waals surface area (Å²) in [5.41, 5.74) is 2.25. The number of esters is 1. The minimum Gasteiger partial charge on any atom is -0.453 e. The summed E-state index contributed by atoms with van der Waals surface area (Å²) in [5.74, 6) is -1.07. The first kappa shape index (κ1) is 19.3. The number of benzene rings is 1. The number of sulfonamides is 1. The van der Waals surface area contributed by atoms with Crippen molar-refractivity contribution in [2.24, 2.45) is 0 Å². The van der Waals surface area contributed by atoms with Crippen molar-refractivity contribution < 1.29 is 22.7 Å². The number of ketones is 1. The monoisotopic (exact) mass is 390 g/mol. The third-order valence-electron chi connectivity index (χ3n) is 4.61. The van der Waals surface area contributed by atoms with Crippen LogP contribution in [0.1, 0.15) is 44.8 Å². The molecule has 1 aromatic carbocycles. The van der Waals surface area contributed by atoms with Gasteiger partial charge in [-0.25, -0.2) is 13.2 Å². The van der Waals surface area contributed by atoms with Gasteiger partial charge in [-0.2, -0.15) is 4.31 Å². The van der Waals surface area contributed by atoms with Crippen molar-refractivity contribution in [3.05, 3.63) is 52.8 Å². The van der Waals surface area contributed by atoms with Gasteiger partial charge in [-0.1, -0.05) is 17.7 Å². The Kier molecular flexibility index (Phi) is 5.48. The molecule has 0 spiro atoms. The number of aromatic nitrogens is 1. The molecule has 0 amide bonds. The molecule has 1 saturated heterocycles. The maximum atomic E-state index is 12.5. The number of ether oxygens (including phenoxy) is 1. The van der Waals surface area contributed by atoms with Gasteiger partial charge in [0.1, 0.15) is 10.6 Å². The highest BCUT2D eigenvalue weighted by Crippen LogP contribution is 2.21. The molecule has 1 aromatic heterocycles. The maximum Gasteiger partial charge on any atom is 0.355 e. The summed E-state index contributed by atoms with van der Waals surface area (Å²) in [7, 11) is -3.61. The zero-order chi connectivity index (χ0) is 19.6. The molecular weight excluding hydrogens is 368 g/mol. The van der Waals surface area contributed by atoms with Crippen molar-refractivity contribution >= 4 is 21.8 Å². The first-order valence-corrected chi connectivity index (χ1v) is 10.2. The number of carbonyl (C=O) groups is 2. The van der Waals surface area contributed by atoms with E-state index >= 15 is 0 Å². The lowest BCUT2D eigenvalue weighted by molar-refractivity contribution is 0.0469. The molecule has 0 atom stereocenters. The lowest BCUT2D eigenvalue weighted by Gasteiger charge is -2.13. The molecule has 27 heavy (non-hydrogen) atoms. The molecule has 1 aliphatic heterocycles. The molecule has 1 fully saturated rings. The minimum absolute atomic E-state index is 0.00142. The second-order valence-corrected chi connectivity index (χ2v) is 8.62. The Hall–Kier alpha value is -2.45. The van der Waals surface area contributed by atoms with Gasteiger partial charge in [0, 0.05) is 24.8 Å². The van der Waals surface area contributed by atoms with Crippen molar-refractivity contribution in [1.82, 2.24) is 9.29 Å². The topological polar surface area (TPSA) is 96.5 Å². The van der Waals surface area contributed by atoms with E-state index < -0.39 is 22.6 Å². The molecule has 0 radical (unpaired) electrons. The minimum atomic E-state index is -3.61. The van der Waals surface area contributed by atoms with Crippen LogP contribution in [0.15, 0.2) is 35.4 Å². The smallest absolute Gasteiger partial charge is 0.355 e. The second kappa shape index (κ2) is 7.66. The lowest BCUT2D eigenvalue weighted by atomic mass is 10.0. The number of aromatic amines is 1. The van der Waals surface area contributed by atoms with Crippen LogP contribution in [0.5, 0.6) is 0 Å². The Morgan fingerprint density at radius 2 is 1.85 bits per heavy atom.